The van der Waals surface area contributed by atoms with Crippen molar-refractivity contribution in [3.63, 3.8) is 0 Å². The summed E-state index contributed by atoms with van der Waals surface area (Å²) in [6, 6.07) is 2.94. The molecule has 0 amide bonds. The van der Waals surface area contributed by atoms with Gasteiger partial charge < -0.3 is 14.5 Å². The van der Waals surface area contributed by atoms with Gasteiger partial charge in [0.2, 0.25) is 0 Å². The van der Waals surface area contributed by atoms with Crippen molar-refractivity contribution in [1.29, 1.82) is 0 Å². The van der Waals surface area contributed by atoms with Crippen molar-refractivity contribution >= 4 is 0 Å². The third kappa shape index (κ3) is 3.81. The van der Waals surface area contributed by atoms with E-state index in [0.717, 1.165) is 51.0 Å². The van der Waals surface area contributed by atoms with Crippen LogP contribution in [0.3, 0.4) is 0 Å². The Bertz CT molecular complexity index is 401. The zero-order chi connectivity index (χ0) is 13.1. The minimum atomic E-state index is 0.389. The van der Waals surface area contributed by atoms with Crippen molar-refractivity contribution in [3.8, 4) is 0 Å². The van der Waals surface area contributed by atoms with Gasteiger partial charge in [-0.05, 0) is 25.3 Å². The van der Waals surface area contributed by atoms with E-state index >= 15 is 0 Å². The molecule has 106 valence electrons. The Morgan fingerprint density at radius 3 is 3.11 bits per heavy atom. The van der Waals surface area contributed by atoms with Crippen molar-refractivity contribution in [1.82, 2.24) is 10.2 Å². The van der Waals surface area contributed by atoms with Crippen LogP contribution in [0.15, 0.2) is 16.7 Å². The van der Waals surface area contributed by atoms with E-state index in [2.05, 4.69) is 23.2 Å². The molecule has 1 N–H and O–H groups in total. The van der Waals surface area contributed by atoms with Crippen molar-refractivity contribution in [3.05, 3.63) is 23.7 Å². The Balaban J connectivity index is 1.48. The van der Waals surface area contributed by atoms with E-state index in [4.69, 9.17) is 9.15 Å². The zero-order valence-electron chi connectivity index (χ0n) is 11.7. The third-order valence-electron chi connectivity index (χ3n) is 3.94. The summed E-state index contributed by atoms with van der Waals surface area (Å²) in [5.74, 6) is 1.07. The summed E-state index contributed by atoms with van der Waals surface area (Å²) in [5.41, 5.74) is 1.27. The van der Waals surface area contributed by atoms with Crippen molar-refractivity contribution < 1.29 is 9.15 Å². The first-order valence-corrected chi connectivity index (χ1v) is 7.47. The first-order valence-electron chi connectivity index (χ1n) is 7.47. The van der Waals surface area contributed by atoms with Crippen LogP contribution in [-0.2, 0) is 17.8 Å². The number of morpholine rings is 1. The van der Waals surface area contributed by atoms with E-state index in [9.17, 15) is 0 Å². The van der Waals surface area contributed by atoms with E-state index in [1.165, 1.54) is 18.4 Å². The molecule has 1 aromatic rings. The monoisotopic (exact) mass is 264 g/mol. The van der Waals surface area contributed by atoms with Crippen LogP contribution in [0.2, 0.25) is 0 Å². The highest BCUT2D eigenvalue weighted by atomic mass is 16.5. The normalized spacial score (nSPS) is 24.8. The number of hydrogen-bond donors (Lipinski definition) is 1. The van der Waals surface area contributed by atoms with Gasteiger partial charge in [-0.25, -0.2) is 0 Å². The summed E-state index contributed by atoms with van der Waals surface area (Å²) in [7, 11) is 0. The lowest BCUT2D eigenvalue weighted by Gasteiger charge is -2.31. The van der Waals surface area contributed by atoms with E-state index in [1.807, 2.05) is 6.26 Å². The Morgan fingerprint density at radius 1 is 1.42 bits per heavy atom. The van der Waals surface area contributed by atoms with Crippen LogP contribution in [-0.4, -0.2) is 36.7 Å². The molecule has 0 spiro atoms. The number of nitrogens with one attached hydrogen (secondary N) is 1. The van der Waals surface area contributed by atoms with Crippen LogP contribution < -0.4 is 5.32 Å². The van der Waals surface area contributed by atoms with Crippen LogP contribution in [0.1, 0.15) is 37.5 Å². The summed E-state index contributed by atoms with van der Waals surface area (Å²) >= 11 is 0. The van der Waals surface area contributed by atoms with Gasteiger partial charge in [0.05, 0.1) is 25.5 Å². The molecule has 4 nitrogen and oxygen atoms in total. The second-order valence-corrected chi connectivity index (χ2v) is 5.71. The minimum absolute atomic E-state index is 0.389. The average Bonchev–Trinajstić information content (AvgIpc) is 3.17. The average molecular weight is 264 g/mol. The van der Waals surface area contributed by atoms with Gasteiger partial charge in [0.25, 0.3) is 0 Å². The van der Waals surface area contributed by atoms with Gasteiger partial charge in [-0.1, -0.05) is 6.92 Å². The van der Waals surface area contributed by atoms with Gasteiger partial charge in [0, 0.05) is 31.2 Å². The lowest BCUT2D eigenvalue weighted by atomic mass is 10.2. The molecule has 2 aliphatic rings. The maximum absolute atomic E-state index is 5.69. The largest absolute Gasteiger partial charge is 0.468 e. The molecule has 2 heterocycles. The quantitative estimate of drug-likeness (QED) is 0.854. The second kappa shape index (κ2) is 6.07. The molecular weight excluding hydrogens is 240 g/mol. The van der Waals surface area contributed by atoms with Gasteiger partial charge in [-0.3, -0.25) is 4.90 Å². The molecule has 1 atom stereocenters. The first-order chi connectivity index (χ1) is 9.33. The van der Waals surface area contributed by atoms with E-state index < -0.39 is 0 Å². The fourth-order valence-corrected chi connectivity index (χ4v) is 2.54. The van der Waals surface area contributed by atoms with Crippen molar-refractivity contribution in [2.45, 2.75) is 51.4 Å². The topological polar surface area (TPSA) is 37.6 Å². The SMILES string of the molecule is CCC1CN(Cc2cc(CNC3CC3)co2)CCO1. The zero-order valence-corrected chi connectivity index (χ0v) is 11.7. The minimum Gasteiger partial charge on any atom is -0.468 e. The first kappa shape index (κ1) is 13.2. The molecule has 1 saturated heterocycles. The summed E-state index contributed by atoms with van der Waals surface area (Å²) in [6.07, 6.45) is 6.03. The van der Waals surface area contributed by atoms with Gasteiger partial charge in [-0.2, -0.15) is 0 Å². The molecule has 19 heavy (non-hydrogen) atoms. The summed E-state index contributed by atoms with van der Waals surface area (Å²) in [6.45, 7) is 6.90. The molecule has 0 bridgehead atoms. The molecule has 0 radical (unpaired) electrons. The fraction of sp³-hybridized carbons (Fsp3) is 0.733. The number of hydrogen-bond acceptors (Lipinski definition) is 4. The maximum atomic E-state index is 5.69. The molecule has 1 aromatic heterocycles. The Morgan fingerprint density at radius 2 is 2.32 bits per heavy atom. The van der Waals surface area contributed by atoms with Gasteiger partial charge in [0.1, 0.15) is 5.76 Å². The fourth-order valence-electron chi connectivity index (χ4n) is 2.54. The molecule has 4 heteroatoms. The standard InChI is InChI=1S/C15H24N2O2/c1-2-14-9-17(5-6-18-14)10-15-7-12(11-19-15)8-16-13-3-4-13/h7,11,13-14,16H,2-6,8-10H2,1H3. The van der Waals surface area contributed by atoms with Gasteiger partial charge in [-0.15, -0.1) is 0 Å². The number of rotatable bonds is 6. The van der Waals surface area contributed by atoms with E-state index in [-0.39, 0.29) is 0 Å². The Labute approximate surface area is 115 Å². The predicted octanol–water partition coefficient (Wildman–Crippen LogP) is 2.14. The molecule has 1 aliphatic carbocycles. The smallest absolute Gasteiger partial charge is 0.118 e. The molecule has 0 aromatic carbocycles. The maximum Gasteiger partial charge on any atom is 0.118 e. The highest BCUT2D eigenvalue weighted by Crippen LogP contribution is 2.20. The lowest BCUT2D eigenvalue weighted by Crippen LogP contribution is -2.41. The van der Waals surface area contributed by atoms with Crippen molar-refractivity contribution in [2.75, 3.05) is 19.7 Å². The van der Waals surface area contributed by atoms with Crippen LogP contribution in [0.4, 0.5) is 0 Å². The van der Waals surface area contributed by atoms with Crippen LogP contribution in [0, 0.1) is 0 Å². The summed E-state index contributed by atoms with van der Waals surface area (Å²) < 4.78 is 11.4. The molecule has 1 unspecified atom stereocenters. The predicted molar refractivity (Wildman–Crippen MR) is 73.9 cm³/mol. The lowest BCUT2D eigenvalue weighted by molar-refractivity contribution is -0.0341. The summed E-state index contributed by atoms with van der Waals surface area (Å²) in [4.78, 5) is 2.43. The highest BCUT2D eigenvalue weighted by molar-refractivity contribution is 5.13. The van der Waals surface area contributed by atoms with Gasteiger partial charge >= 0.3 is 0 Å². The van der Waals surface area contributed by atoms with E-state index in [1.54, 1.807) is 0 Å². The number of nitrogens with zero attached hydrogens (tertiary/aromatic N) is 1. The third-order valence-corrected chi connectivity index (χ3v) is 3.94. The Hall–Kier alpha value is -0.840. The van der Waals surface area contributed by atoms with Gasteiger partial charge in [0.15, 0.2) is 0 Å². The highest BCUT2D eigenvalue weighted by Gasteiger charge is 2.21. The second-order valence-electron chi connectivity index (χ2n) is 5.71. The Kier molecular flexibility index (Phi) is 4.21. The summed E-state index contributed by atoms with van der Waals surface area (Å²) in [5, 5.41) is 3.51. The van der Waals surface area contributed by atoms with E-state index in [0.29, 0.717) is 6.10 Å². The number of ether oxygens (including phenoxy) is 1. The number of furan rings is 1. The van der Waals surface area contributed by atoms with Crippen LogP contribution in [0.5, 0.6) is 0 Å². The molecule has 1 aliphatic heterocycles. The van der Waals surface area contributed by atoms with Crippen LogP contribution in [0.25, 0.3) is 0 Å². The molecule has 3 rings (SSSR count). The van der Waals surface area contributed by atoms with Crippen LogP contribution >= 0.6 is 0 Å². The molecular formula is C15H24N2O2. The molecule has 2 fully saturated rings. The molecule has 1 saturated carbocycles. The van der Waals surface area contributed by atoms with Crippen molar-refractivity contribution in [2.24, 2.45) is 0 Å².